The molecule has 8 heteroatoms. The van der Waals surface area contributed by atoms with E-state index in [0.717, 1.165) is 37.8 Å². The number of carbonyl (C=O) groups is 3. The molecule has 2 aromatic carbocycles. The molecule has 7 nitrogen and oxygen atoms in total. The smallest absolute Gasteiger partial charge is 0.243 e. The van der Waals surface area contributed by atoms with Crippen LogP contribution in [0.3, 0.4) is 0 Å². The van der Waals surface area contributed by atoms with Crippen LogP contribution in [0, 0.1) is 23.6 Å². The summed E-state index contributed by atoms with van der Waals surface area (Å²) in [6.45, 7) is 7.41. The number of nitrogens with zero attached hydrogens (tertiary/aromatic N) is 1. The average Bonchev–Trinajstić information content (AvgIpc) is 3.91. The van der Waals surface area contributed by atoms with Gasteiger partial charge in [-0.1, -0.05) is 50.2 Å². The van der Waals surface area contributed by atoms with Gasteiger partial charge >= 0.3 is 0 Å². The summed E-state index contributed by atoms with van der Waals surface area (Å²) in [5, 5.41) is 9.51. The summed E-state index contributed by atoms with van der Waals surface area (Å²) in [5.41, 5.74) is 3.46. The van der Waals surface area contributed by atoms with Crippen molar-refractivity contribution in [3.05, 3.63) is 71.0 Å². The Morgan fingerprint density at radius 1 is 0.905 bits per heavy atom. The maximum absolute atomic E-state index is 13.7. The third kappa shape index (κ3) is 7.02. The van der Waals surface area contributed by atoms with Crippen molar-refractivity contribution in [2.24, 2.45) is 17.8 Å². The third-order valence-electron chi connectivity index (χ3n) is 9.69. The number of likely N-dealkylation sites (N-methyl/N-ethyl adjacent to an activating group) is 1. The monoisotopic (exact) mass is 576 g/mol. The van der Waals surface area contributed by atoms with Crippen LogP contribution in [0.4, 0.5) is 4.39 Å². The molecule has 2 unspecified atom stereocenters. The van der Waals surface area contributed by atoms with Gasteiger partial charge in [-0.05, 0) is 97.6 Å². The molecule has 2 aliphatic carbocycles. The molecule has 0 radical (unpaired) electrons. The lowest BCUT2D eigenvalue weighted by molar-refractivity contribution is -0.141. The number of halogens is 1. The zero-order valence-electron chi connectivity index (χ0n) is 25.2. The quantitative estimate of drug-likeness (QED) is 0.513. The van der Waals surface area contributed by atoms with Crippen molar-refractivity contribution in [2.45, 2.75) is 82.8 Å². The van der Waals surface area contributed by atoms with Gasteiger partial charge in [0.15, 0.2) is 0 Å². The van der Waals surface area contributed by atoms with Gasteiger partial charge in [0.05, 0.1) is 6.04 Å². The van der Waals surface area contributed by atoms with E-state index in [-0.39, 0.29) is 41.9 Å². The maximum Gasteiger partial charge on any atom is 0.243 e. The Hall–Kier alpha value is -3.26. The molecule has 7 atom stereocenters. The first kappa shape index (κ1) is 30.2. The van der Waals surface area contributed by atoms with E-state index in [1.165, 1.54) is 28.2 Å². The Labute approximate surface area is 249 Å². The molecule has 0 bridgehead atoms. The molecule has 2 aromatic rings. The molecule has 226 valence electrons. The van der Waals surface area contributed by atoms with E-state index in [1.807, 2.05) is 0 Å². The van der Waals surface area contributed by atoms with Crippen LogP contribution in [-0.2, 0) is 20.8 Å². The van der Waals surface area contributed by atoms with Crippen LogP contribution in [-0.4, -0.2) is 60.9 Å². The Morgan fingerprint density at radius 3 is 2.29 bits per heavy atom. The standard InChI is InChI=1S/C34H45FN4O3/c1-20-15-16-36-33(41)30(17-23-9-13-25(35)14-10-23)38-32(40)22(3)39(4)34(42)31(24-11-12-24)37-19-21(2)28-18-29(28)27-8-6-5-7-26(20)27/h5-10,13-14,20-22,24,28-31,37H,11-12,15-19H2,1-4H3,(H,36,41)(H,38,40)/t20?,21-,22-,28-,29?,30-,31+/m1/s1. The molecule has 1 aliphatic heterocycles. The summed E-state index contributed by atoms with van der Waals surface area (Å²) in [5.74, 6) is 0.913. The second-order valence-electron chi connectivity index (χ2n) is 12.8. The van der Waals surface area contributed by atoms with Crippen LogP contribution < -0.4 is 16.0 Å². The van der Waals surface area contributed by atoms with E-state index < -0.39 is 18.0 Å². The Morgan fingerprint density at radius 2 is 1.60 bits per heavy atom. The van der Waals surface area contributed by atoms with Crippen LogP contribution in [0.1, 0.15) is 75.0 Å². The fraction of sp³-hybridized carbons (Fsp3) is 0.559. The predicted octanol–water partition coefficient (Wildman–Crippen LogP) is 4.13. The van der Waals surface area contributed by atoms with Gasteiger partial charge in [-0.25, -0.2) is 4.39 Å². The van der Waals surface area contributed by atoms with E-state index in [4.69, 9.17) is 0 Å². The van der Waals surface area contributed by atoms with Crippen LogP contribution in [0.2, 0.25) is 0 Å². The molecular weight excluding hydrogens is 531 g/mol. The molecule has 2 fully saturated rings. The second-order valence-corrected chi connectivity index (χ2v) is 12.8. The fourth-order valence-corrected chi connectivity index (χ4v) is 6.48. The van der Waals surface area contributed by atoms with E-state index in [1.54, 1.807) is 26.1 Å². The summed E-state index contributed by atoms with van der Waals surface area (Å²) in [7, 11) is 1.67. The van der Waals surface area contributed by atoms with Crippen molar-refractivity contribution in [3.63, 3.8) is 0 Å². The molecule has 2 saturated carbocycles. The molecule has 3 amide bonds. The van der Waals surface area contributed by atoms with Gasteiger partial charge in [-0.15, -0.1) is 0 Å². The summed E-state index contributed by atoms with van der Waals surface area (Å²) < 4.78 is 13.5. The van der Waals surface area contributed by atoms with Crippen LogP contribution in [0.15, 0.2) is 48.5 Å². The van der Waals surface area contributed by atoms with Crippen LogP contribution in [0.25, 0.3) is 0 Å². The van der Waals surface area contributed by atoms with Crippen molar-refractivity contribution in [3.8, 4) is 0 Å². The summed E-state index contributed by atoms with van der Waals surface area (Å²) >= 11 is 0. The lowest BCUT2D eigenvalue weighted by atomic mass is 9.89. The zero-order valence-corrected chi connectivity index (χ0v) is 25.2. The fourth-order valence-electron chi connectivity index (χ4n) is 6.48. The molecule has 0 spiro atoms. The average molecular weight is 577 g/mol. The lowest BCUT2D eigenvalue weighted by Gasteiger charge is -2.30. The van der Waals surface area contributed by atoms with Gasteiger partial charge in [0.2, 0.25) is 17.7 Å². The number of amides is 3. The Balaban J connectivity index is 1.39. The summed E-state index contributed by atoms with van der Waals surface area (Å²) in [4.78, 5) is 42.0. The number of carbonyl (C=O) groups excluding carboxylic acids is 3. The molecular formula is C34H45FN4O3. The zero-order chi connectivity index (χ0) is 30.0. The highest BCUT2D eigenvalue weighted by Crippen LogP contribution is 2.53. The SMILES string of the molecule is CC1CCNC(=O)[C@@H](Cc2ccc(F)cc2)NC(=O)[C@@H](C)N(C)C(=O)[C@H](C2CC2)NC[C@@H](C)[C@H]2CC2c2ccccc21. The van der Waals surface area contributed by atoms with Gasteiger partial charge in [-0.2, -0.15) is 0 Å². The predicted molar refractivity (Wildman–Crippen MR) is 161 cm³/mol. The normalized spacial score (nSPS) is 31.5. The van der Waals surface area contributed by atoms with Crippen molar-refractivity contribution < 1.29 is 18.8 Å². The highest BCUT2D eigenvalue weighted by atomic mass is 19.1. The molecule has 5 rings (SSSR count). The largest absolute Gasteiger partial charge is 0.354 e. The first-order valence-corrected chi connectivity index (χ1v) is 15.6. The van der Waals surface area contributed by atoms with Gasteiger partial charge in [-0.3, -0.25) is 14.4 Å². The molecule has 1 heterocycles. The van der Waals surface area contributed by atoms with Gasteiger partial charge < -0.3 is 20.9 Å². The molecule has 0 saturated heterocycles. The van der Waals surface area contributed by atoms with Crippen molar-refractivity contribution in [2.75, 3.05) is 20.1 Å². The maximum atomic E-state index is 13.7. The second kappa shape index (κ2) is 12.9. The Bertz CT molecular complexity index is 1280. The van der Waals surface area contributed by atoms with Crippen molar-refractivity contribution in [1.82, 2.24) is 20.9 Å². The molecule has 3 aliphatic rings. The Kier molecular flexibility index (Phi) is 9.31. The summed E-state index contributed by atoms with van der Waals surface area (Å²) in [6.07, 6.45) is 4.14. The highest BCUT2D eigenvalue weighted by molar-refractivity contribution is 5.93. The van der Waals surface area contributed by atoms with E-state index in [9.17, 15) is 18.8 Å². The number of fused-ring (bicyclic) bond motifs is 3. The van der Waals surface area contributed by atoms with Crippen LogP contribution in [0.5, 0.6) is 0 Å². The van der Waals surface area contributed by atoms with E-state index in [0.29, 0.717) is 24.3 Å². The minimum Gasteiger partial charge on any atom is -0.354 e. The van der Waals surface area contributed by atoms with E-state index in [2.05, 4.69) is 54.1 Å². The number of hydrogen-bond donors (Lipinski definition) is 3. The van der Waals surface area contributed by atoms with Crippen molar-refractivity contribution in [1.29, 1.82) is 0 Å². The first-order chi connectivity index (χ1) is 20.1. The first-order valence-electron chi connectivity index (χ1n) is 15.6. The van der Waals surface area contributed by atoms with Crippen molar-refractivity contribution >= 4 is 17.7 Å². The third-order valence-corrected chi connectivity index (χ3v) is 9.69. The highest BCUT2D eigenvalue weighted by Gasteiger charge is 2.45. The molecule has 0 aromatic heterocycles. The summed E-state index contributed by atoms with van der Waals surface area (Å²) in [6, 6.07) is 12.7. The van der Waals surface area contributed by atoms with E-state index >= 15 is 0 Å². The molecule has 42 heavy (non-hydrogen) atoms. The topological polar surface area (TPSA) is 90.5 Å². The van der Waals surface area contributed by atoms with Gasteiger partial charge in [0, 0.05) is 20.0 Å². The van der Waals surface area contributed by atoms with Gasteiger partial charge in [0.1, 0.15) is 17.9 Å². The number of rotatable bonds is 3. The number of hydrogen-bond acceptors (Lipinski definition) is 4. The minimum absolute atomic E-state index is 0.0867. The lowest BCUT2D eigenvalue weighted by Crippen LogP contribution is -2.56. The number of nitrogens with one attached hydrogen (secondary N) is 3. The van der Waals surface area contributed by atoms with Crippen LogP contribution >= 0.6 is 0 Å². The molecule has 3 N–H and O–H groups in total. The number of benzene rings is 2. The van der Waals surface area contributed by atoms with Gasteiger partial charge in [0.25, 0.3) is 0 Å². The minimum atomic E-state index is -0.857.